The molecule has 0 aliphatic heterocycles. The Balaban J connectivity index is 2.90. The van der Waals surface area contributed by atoms with Crippen molar-refractivity contribution in [3.8, 4) is 0 Å². The van der Waals surface area contributed by atoms with Crippen molar-refractivity contribution in [1.29, 1.82) is 0 Å². The van der Waals surface area contributed by atoms with E-state index in [9.17, 15) is 9.59 Å². The third kappa shape index (κ3) is 3.06. The molecule has 1 aromatic rings. The number of rotatable bonds is 4. The first-order chi connectivity index (χ1) is 7.54. The Morgan fingerprint density at radius 1 is 1.44 bits per heavy atom. The molecule has 5 nitrogen and oxygen atoms in total. The van der Waals surface area contributed by atoms with E-state index < -0.39 is 5.91 Å². The van der Waals surface area contributed by atoms with Gasteiger partial charge in [-0.25, -0.2) is 0 Å². The minimum Gasteiger partial charge on any atom is -0.375 e. The third-order valence-corrected chi connectivity index (χ3v) is 2.07. The normalized spacial score (nSPS) is 9.88. The number of amides is 2. The molecule has 16 heavy (non-hydrogen) atoms. The predicted molar refractivity (Wildman–Crippen MR) is 60.2 cm³/mol. The number of aryl methyl sites for hydroxylation is 1. The molecule has 0 saturated heterocycles. The van der Waals surface area contributed by atoms with E-state index in [2.05, 4.69) is 10.1 Å². The van der Waals surface area contributed by atoms with Gasteiger partial charge in [0.15, 0.2) is 0 Å². The Labute approximate surface area is 93.6 Å². The average Bonchev–Trinajstić information content (AvgIpc) is 2.21. The van der Waals surface area contributed by atoms with Gasteiger partial charge >= 0.3 is 0 Å². The first kappa shape index (κ1) is 12.2. The van der Waals surface area contributed by atoms with E-state index in [0.717, 1.165) is 5.56 Å². The van der Waals surface area contributed by atoms with Crippen LogP contribution in [0.15, 0.2) is 18.2 Å². The van der Waals surface area contributed by atoms with Gasteiger partial charge in [-0.3, -0.25) is 9.59 Å². The summed E-state index contributed by atoms with van der Waals surface area (Å²) in [7, 11) is 1.44. The van der Waals surface area contributed by atoms with Crippen LogP contribution in [0.5, 0.6) is 0 Å². The Morgan fingerprint density at radius 2 is 2.12 bits per heavy atom. The fourth-order valence-electron chi connectivity index (χ4n) is 1.23. The highest BCUT2D eigenvalue weighted by atomic mass is 16.5. The maximum absolute atomic E-state index is 11.3. The molecule has 0 fully saturated rings. The van der Waals surface area contributed by atoms with Crippen molar-refractivity contribution >= 4 is 17.5 Å². The van der Waals surface area contributed by atoms with Crippen LogP contribution in [0, 0.1) is 6.92 Å². The van der Waals surface area contributed by atoms with Crippen LogP contribution in [0.4, 0.5) is 5.69 Å². The van der Waals surface area contributed by atoms with E-state index in [1.165, 1.54) is 7.11 Å². The zero-order chi connectivity index (χ0) is 12.1. The summed E-state index contributed by atoms with van der Waals surface area (Å²) in [6.45, 7) is 1.80. The summed E-state index contributed by atoms with van der Waals surface area (Å²) in [5.74, 6) is -0.797. The van der Waals surface area contributed by atoms with Crippen LogP contribution in [0.25, 0.3) is 0 Å². The van der Waals surface area contributed by atoms with Crippen LogP contribution >= 0.6 is 0 Å². The second-order valence-electron chi connectivity index (χ2n) is 3.38. The number of primary amides is 1. The van der Waals surface area contributed by atoms with Crippen molar-refractivity contribution in [3.63, 3.8) is 0 Å². The molecule has 5 heteroatoms. The van der Waals surface area contributed by atoms with E-state index in [1.54, 1.807) is 18.2 Å². The smallest absolute Gasteiger partial charge is 0.250 e. The van der Waals surface area contributed by atoms with Gasteiger partial charge in [-0.05, 0) is 24.6 Å². The first-order valence-corrected chi connectivity index (χ1v) is 4.74. The molecule has 0 aliphatic rings. The van der Waals surface area contributed by atoms with Gasteiger partial charge in [0.05, 0.1) is 0 Å². The summed E-state index contributed by atoms with van der Waals surface area (Å²) in [5, 5.41) is 2.63. The zero-order valence-corrected chi connectivity index (χ0v) is 9.24. The van der Waals surface area contributed by atoms with Gasteiger partial charge in [0.25, 0.3) is 0 Å². The largest absolute Gasteiger partial charge is 0.375 e. The molecule has 0 unspecified atom stereocenters. The topological polar surface area (TPSA) is 81.4 Å². The highest BCUT2D eigenvalue weighted by molar-refractivity contribution is 5.97. The lowest BCUT2D eigenvalue weighted by atomic mass is 10.1. The van der Waals surface area contributed by atoms with Crippen molar-refractivity contribution in [3.05, 3.63) is 29.3 Å². The Bertz CT molecular complexity index is 416. The number of nitrogens with two attached hydrogens (primary N) is 1. The summed E-state index contributed by atoms with van der Waals surface area (Å²) in [5.41, 5.74) is 6.93. The number of carbonyl (C=O) groups excluding carboxylic acids is 2. The second kappa shape index (κ2) is 5.27. The van der Waals surface area contributed by atoms with Crippen molar-refractivity contribution in [1.82, 2.24) is 0 Å². The van der Waals surface area contributed by atoms with E-state index in [-0.39, 0.29) is 12.5 Å². The molecule has 0 radical (unpaired) electrons. The van der Waals surface area contributed by atoms with E-state index in [4.69, 9.17) is 5.73 Å². The molecule has 86 valence electrons. The molecule has 0 aromatic heterocycles. The fourth-order valence-corrected chi connectivity index (χ4v) is 1.23. The summed E-state index contributed by atoms with van der Waals surface area (Å²) in [6.07, 6.45) is 0. The minimum atomic E-state index is -0.526. The van der Waals surface area contributed by atoms with Crippen LogP contribution < -0.4 is 11.1 Å². The number of nitrogens with one attached hydrogen (secondary N) is 1. The highest BCUT2D eigenvalue weighted by Gasteiger charge is 2.07. The second-order valence-corrected chi connectivity index (χ2v) is 3.38. The third-order valence-electron chi connectivity index (χ3n) is 2.07. The van der Waals surface area contributed by atoms with Gasteiger partial charge in [-0.2, -0.15) is 0 Å². The van der Waals surface area contributed by atoms with E-state index >= 15 is 0 Å². The van der Waals surface area contributed by atoms with E-state index in [0.29, 0.717) is 11.3 Å². The number of methoxy groups -OCH3 is 1. The van der Waals surface area contributed by atoms with Gasteiger partial charge in [0.1, 0.15) is 6.61 Å². The van der Waals surface area contributed by atoms with Crippen LogP contribution in [-0.4, -0.2) is 25.5 Å². The molecule has 2 amide bonds. The summed E-state index contributed by atoms with van der Waals surface area (Å²) in [4.78, 5) is 22.3. The minimum absolute atomic E-state index is 0.0275. The van der Waals surface area contributed by atoms with Gasteiger partial charge in [0.2, 0.25) is 11.8 Å². The fraction of sp³-hybridized carbons (Fsp3) is 0.273. The monoisotopic (exact) mass is 222 g/mol. The predicted octanol–water partition coefficient (Wildman–Crippen LogP) is 0.679. The van der Waals surface area contributed by atoms with Crippen LogP contribution in [0.1, 0.15) is 15.9 Å². The van der Waals surface area contributed by atoms with Crippen molar-refractivity contribution in [2.24, 2.45) is 5.73 Å². The van der Waals surface area contributed by atoms with Gasteiger partial charge in [-0.15, -0.1) is 0 Å². The number of anilines is 1. The molecule has 0 aliphatic carbocycles. The number of hydrogen-bond donors (Lipinski definition) is 2. The standard InChI is InChI=1S/C11H14N2O3/c1-7-3-4-8(11(12)15)5-9(7)13-10(14)6-16-2/h3-5H,6H2,1-2H3,(H2,12,15)(H,13,14). The van der Waals surface area contributed by atoms with Gasteiger partial charge in [-0.1, -0.05) is 6.07 Å². The van der Waals surface area contributed by atoms with Gasteiger partial charge in [0, 0.05) is 18.4 Å². The number of hydrogen-bond acceptors (Lipinski definition) is 3. The summed E-state index contributed by atoms with van der Waals surface area (Å²) < 4.78 is 4.69. The average molecular weight is 222 g/mol. The number of ether oxygens (including phenoxy) is 1. The van der Waals surface area contributed by atoms with Crippen molar-refractivity contribution in [2.75, 3.05) is 19.0 Å². The lowest BCUT2D eigenvalue weighted by molar-refractivity contribution is -0.119. The highest BCUT2D eigenvalue weighted by Crippen LogP contribution is 2.16. The quantitative estimate of drug-likeness (QED) is 0.785. The SMILES string of the molecule is COCC(=O)Nc1cc(C(N)=O)ccc1C. The molecule has 0 bridgehead atoms. The maximum atomic E-state index is 11.3. The van der Waals surface area contributed by atoms with Crippen LogP contribution in [-0.2, 0) is 9.53 Å². The zero-order valence-electron chi connectivity index (χ0n) is 9.24. The summed E-state index contributed by atoms with van der Waals surface area (Å²) in [6, 6.07) is 4.89. The molecule has 0 atom stereocenters. The van der Waals surface area contributed by atoms with Crippen molar-refractivity contribution < 1.29 is 14.3 Å². The Hall–Kier alpha value is -1.88. The Kier molecular flexibility index (Phi) is 4.02. The summed E-state index contributed by atoms with van der Waals surface area (Å²) >= 11 is 0. The number of carbonyl (C=O) groups is 2. The molecular weight excluding hydrogens is 208 g/mol. The molecule has 3 N–H and O–H groups in total. The molecule has 0 saturated carbocycles. The molecule has 1 rings (SSSR count). The van der Waals surface area contributed by atoms with Crippen molar-refractivity contribution in [2.45, 2.75) is 6.92 Å². The molecule has 1 aromatic carbocycles. The molecule has 0 spiro atoms. The molecule has 0 heterocycles. The number of benzene rings is 1. The van der Waals surface area contributed by atoms with Gasteiger partial charge < -0.3 is 15.8 Å². The molecular formula is C11H14N2O3. The van der Waals surface area contributed by atoms with Crippen LogP contribution in [0.2, 0.25) is 0 Å². The Morgan fingerprint density at radius 3 is 2.69 bits per heavy atom. The lowest BCUT2D eigenvalue weighted by Crippen LogP contribution is -2.18. The maximum Gasteiger partial charge on any atom is 0.250 e. The van der Waals surface area contributed by atoms with E-state index in [1.807, 2.05) is 6.92 Å². The first-order valence-electron chi connectivity index (χ1n) is 4.74. The van der Waals surface area contributed by atoms with Crippen LogP contribution in [0.3, 0.4) is 0 Å². The lowest BCUT2D eigenvalue weighted by Gasteiger charge is -2.08.